The third-order valence-electron chi connectivity index (χ3n) is 2.89. The number of amides is 1. The number of fused-ring (bicyclic) bond motifs is 1. The summed E-state index contributed by atoms with van der Waals surface area (Å²) < 4.78 is 24.7. The highest BCUT2D eigenvalue weighted by Gasteiger charge is 2.12. The van der Waals surface area contributed by atoms with Crippen molar-refractivity contribution in [2.24, 2.45) is 0 Å². The summed E-state index contributed by atoms with van der Waals surface area (Å²) in [5.74, 6) is -0.662. The van der Waals surface area contributed by atoms with Crippen LogP contribution in [-0.4, -0.2) is 38.7 Å². The molecule has 0 aliphatic heterocycles. The van der Waals surface area contributed by atoms with Crippen molar-refractivity contribution in [3.63, 3.8) is 0 Å². The Morgan fingerprint density at radius 1 is 1.33 bits per heavy atom. The van der Waals surface area contributed by atoms with Gasteiger partial charge in [-0.1, -0.05) is 35.9 Å². The molecule has 0 saturated heterocycles. The zero-order chi connectivity index (χ0) is 15.5. The molecule has 1 aromatic heterocycles. The molecule has 0 unspecified atom stereocenters. The van der Waals surface area contributed by atoms with Crippen LogP contribution >= 0.6 is 11.6 Å². The molecule has 1 amide bonds. The number of hydrogen-bond acceptors (Lipinski definition) is 4. The van der Waals surface area contributed by atoms with E-state index in [2.05, 4.69) is 15.0 Å². The highest BCUT2D eigenvalue weighted by Crippen LogP contribution is 2.22. The van der Waals surface area contributed by atoms with E-state index in [9.17, 15) is 13.2 Å². The van der Waals surface area contributed by atoms with Crippen molar-refractivity contribution in [3.05, 3.63) is 41.2 Å². The minimum absolute atomic E-state index is 0.00582. The van der Waals surface area contributed by atoms with Gasteiger partial charge in [0.15, 0.2) is 0 Å². The van der Waals surface area contributed by atoms with E-state index < -0.39 is 15.9 Å². The number of carbonyl (C=O) groups excluding carboxylic acids is 1. The molecular weight excluding hydrogens is 314 g/mol. The summed E-state index contributed by atoms with van der Waals surface area (Å²) in [7, 11) is -2.03. The van der Waals surface area contributed by atoms with Crippen molar-refractivity contribution >= 4 is 38.3 Å². The van der Waals surface area contributed by atoms with E-state index in [0.29, 0.717) is 0 Å². The lowest BCUT2D eigenvalue weighted by molar-refractivity contribution is 0.0951. The van der Waals surface area contributed by atoms with Crippen LogP contribution in [0.2, 0.25) is 5.15 Å². The number of nitrogens with one attached hydrogen (secondary N) is 2. The molecule has 2 rings (SSSR count). The summed E-state index contributed by atoms with van der Waals surface area (Å²) in [6.45, 7) is -0.00582. The number of nitrogens with zero attached hydrogens (tertiary/aromatic N) is 1. The van der Waals surface area contributed by atoms with Crippen molar-refractivity contribution in [2.45, 2.75) is 0 Å². The number of halogens is 1. The molecule has 0 saturated carbocycles. The molecule has 8 heteroatoms. The van der Waals surface area contributed by atoms with Crippen LogP contribution in [-0.2, 0) is 10.0 Å². The van der Waals surface area contributed by atoms with Gasteiger partial charge in [-0.25, -0.2) is 18.1 Å². The molecule has 0 bridgehead atoms. The van der Waals surface area contributed by atoms with Crippen LogP contribution < -0.4 is 10.0 Å². The standard InChI is InChI=1S/C13H14ClN3O3S/c1-15-21(19,20)7-6-16-13(18)11-8-9-4-2-3-5-10(9)12(14)17-11/h2-5,8,15H,6-7H2,1H3,(H,16,18). The number of benzene rings is 1. The number of aromatic nitrogens is 1. The number of sulfonamides is 1. The van der Waals surface area contributed by atoms with Crippen LogP contribution in [0.15, 0.2) is 30.3 Å². The highest BCUT2D eigenvalue weighted by atomic mass is 35.5. The second-order valence-corrected chi connectivity index (χ2v) is 6.70. The molecule has 6 nitrogen and oxygen atoms in total. The van der Waals surface area contributed by atoms with Crippen molar-refractivity contribution in [2.75, 3.05) is 19.3 Å². The fourth-order valence-corrected chi connectivity index (χ4v) is 2.60. The Morgan fingerprint density at radius 2 is 2.05 bits per heavy atom. The van der Waals surface area contributed by atoms with Crippen LogP contribution in [0.25, 0.3) is 10.8 Å². The molecule has 0 atom stereocenters. The Labute approximate surface area is 127 Å². The van der Waals surface area contributed by atoms with E-state index in [-0.39, 0.29) is 23.1 Å². The van der Waals surface area contributed by atoms with E-state index in [1.165, 1.54) is 7.05 Å². The minimum atomic E-state index is -3.35. The van der Waals surface area contributed by atoms with E-state index >= 15 is 0 Å². The molecule has 0 aliphatic rings. The van der Waals surface area contributed by atoms with Gasteiger partial charge in [0, 0.05) is 11.9 Å². The van der Waals surface area contributed by atoms with Gasteiger partial charge < -0.3 is 5.32 Å². The third kappa shape index (κ3) is 3.90. The van der Waals surface area contributed by atoms with Gasteiger partial charge in [-0.05, 0) is 18.5 Å². The topological polar surface area (TPSA) is 88.2 Å². The first-order valence-corrected chi connectivity index (χ1v) is 8.20. The summed E-state index contributed by atoms with van der Waals surface area (Å²) in [4.78, 5) is 16.0. The lowest BCUT2D eigenvalue weighted by atomic mass is 10.1. The largest absolute Gasteiger partial charge is 0.350 e. The van der Waals surface area contributed by atoms with Crippen LogP contribution in [0.3, 0.4) is 0 Å². The average Bonchev–Trinajstić information content (AvgIpc) is 2.47. The maximum Gasteiger partial charge on any atom is 0.269 e. The normalized spacial score (nSPS) is 11.5. The summed E-state index contributed by atoms with van der Waals surface area (Å²) in [6.07, 6.45) is 0. The molecule has 0 radical (unpaired) electrons. The van der Waals surface area contributed by atoms with Gasteiger partial charge in [0.2, 0.25) is 10.0 Å². The van der Waals surface area contributed by atoms with Gasteiger partial charge in [0.1, 0.15) is 10.8 Å². The van der Waals surface area contributed by atoms with Crippen LogP contribution in [0.4, 0.5) is 0 Å². The Morgan fingerprint density at radius 3 is 2.76 bits per heavy atom. The van der Waals surface area contributed by atoms with Gasteiger partial charge >= 0.3 is 0 Å². The Bertz CT molecular complexity index is 777. The van der Waals surface area contributed by atoms with E-state index in [4.69, 9.17) is 11.6 Å². The number of hydrogen-bond donors (Lipinski definition) is 2. The minimum Gasteiger partial charge on any atom is -0.350 e. The molecule has 2 aromatic rings. The molecule has 2 N–H and O–H groups in total. The number of rotatable bonds is 5. The lowest BCUT2D eigenvalue weighted by Gasteiger charge is -2.07. The SMILES string of the molecule is CNS(=O)(=O)CCNC(=O)c1cc2ccccc2c(Cl)n1. The molecule has 21 heavy (non-hydrogen) atoms. The summed E-state index contributed by atoms with van der Waals surface area (Å²) in [6, 6.07) is 8.91. The van der Waals surface area contributed by atoms with Crippen molar-refractivity contribution < 1.29 is 13.2 Å². The van der Waals surface area contributed by atoms with E-state index in [0.717, 1.165) is 10.8 Å². The van der Waals surface area contributed by atoms with E-state index in [1.54, 1.807) is 6.07 Å². The average molecular weight is 328 g/mol. The van der Waals surface area contributed by atoms with Crippen molar-refractivity contribution in [1.29, 1.82) is 0 Å². The Kier molecular flexibility index (Phi) is 4.76. The fraction of sp³-hybridized carbons (Fsp3) is 0.231. The van der Waals surface area contributed by atoms with Crippen LogP contribution in [0, 0.1) is 0 Å². The van der Waals surface area contributed by atoms with Crippen molar-refractivity contribution in [1.82, 2.24) is 15.0 Å². The van der Waals surface area contributed by atoms with Crippen LogP contribution in [0.5, 0.6) is 0 Å². The zero-order valence-corrected chi connectivity index (χ0v) is 12.8. The molecule has 1 heterocycles. The summed E-state index contributed by atoms with van der Waals surface area (Å²) >= 11 is 6.04. The smallest absolute Gasteiger partial charge is 0.269 e. The number of pyridine rings is 1. The first-order chi connectivity index (χ1) is 9.93. The first-order valence-electron chi connectivity index (χ1n) is 6.17. The summed E-state index contributed by atoms with van der Waals surface area (Å²) in [5, 5.41) is 4.29. The molecule has 112 valence electrons. The number of carbonyl (C=O) groups is 1. The predicted octanol–water partition coefficient (Wildman–Crippen LogP) is 1.17. The summed E-state index contributed by atoms with van der Waals surface area (Å²) in [5.41, 5.74) is 0.153. The van der Waals surface area contributed by atoms with Gasteiger partial charge in [-0.2, -0.15) is 0 Å². The van der Waals surface area contributed by atoms with E-state index in [1.807, 2.05) is 24.3 Å². The highest BCUT2D eigenvalue weighted by molar-refractivity contribution is 7.89. The molecular formula is C13H14ClN3O3S. The van der Waals surface area contributed by atoms with Crippen LogP contribution in [0.1, 0.15) is 10.5 Å². The van der Waals surface area contributed by atoms with Gasteiger partial charge in [0.05, 0.1) is 5.75 Å². The molecule has 0 spiro atoms. The Hall–Kier alpha value is -1.70. The maximum atomic E-state index is 12.0. The third-order valence-corrected chi connectivity index (χ3v) is 4.55. The van der Waals surface area contributed by atoms with Gasteiger partial charge in [-0.15, -0.1) is 0 Å². The quantitative estimate of drug-likeness (QED) is 0.807. The maximum absolute atomic E-state index is 12.0. The van der Waals surface area contributed by atoms with Gasteiger partial charge in [0.25, 0.3) is 5.91 Å². The lowest BCUT2D eigenvalue weighted by Crippen LogP contribution is -2.33. The second-order valence-electron chi connectivity index (χ2n) is 4.30. The molecule has 1 aromatic carbocycles. The first kappa shape index (κ1) is 15.7. The predicted molar refractivity (Wildman–Crippen MR) is 81.9 cm³/mol. The van der Waals surface area contributed by atoms with Crippen molar-refractivity contribution in [3.8, 4) is 0 Å². The molecule has 0 fully saturated rings. The zero-order valence-electron chi connectivity index (χ0n) is 11.3. The monoisotopic (exact) mass is 327 g/mol. The molecule has 0 aliphatic carbocycles. The fourth-order valence-electron chi connectivity index (χ4n) is 1.76. The van der Waals surface area contributed by atoms with Gasteiger partial charge in [-0.3, -0.25) is 4.79 Å². The second kappa shape index (κ2) is 6.38. The Balaban J connectivity index is 2.13.